The van der Waals surface area contributed by atoms with Gasteiger partial charge in [0, 0.05) is 23.6 Å². The average molecular weight is 413 g/mol. The van der Waals surface area contributed by atoms with E-state index in [2.05, 4.69) is 9.98 Å². The summed E-state index contributed by atoms with van der Waals surface area (Å²) in [5, 5.41) is 21.0. The predicted molar refractivity (Wildman–Crippen MR) is 117 cm³/mol. The van der Waals surface area contributed by atoms with Crippen LogP contribution in [-0.4, -0.2) is 22.6 Å². The summed E-state index contributed by atoms with van der Waals surface area (Å²) >= 11 is 12.3. The second-order valence-corrected chi connectivity index (χ2v) is 7.11. The maximum Gasteiger partial charge on any atom is 0.127 e. The van der Waals surface area contributed by atoms with Crippen molar-refractivity contribution in [3.05, 3.63) is 80.8 Å². The van der Waals surface area contributed by atoms with Crippen LogP contribution in [-0.2, 0) is 0 Å². The summed E-state index contributed by atoms with van der Waals surface area (Å²) in [5.41, 5.74) is 3.64. The minimum absolute atomic E-state index is 0.168. The molecule has 3 aromatic carbocycles. The molecule has 0 heterocycles. The number of benzene rings is 3. The normalized spacial score (nSPS) is 11.6. The summed E-state index contributed by atoms with van der Waals surface area (Å²) in [6.07, 6.45) is 3.09. The third-order valence-electron chi connectivity index (χ3n) is 4.24. The van der Waals surface area contributed by atoms with Crippen molar-refractivity contribution in [1.82, 2.24) is 0 Å². The molecular weight excluding hydrogens is 395 g/mol. The monoisotopic (exact) mass is 412 g/mol. The van der Waals surface area contributed by atoms with Crippen molar-refractivity contribution >= 4 is 47.0 Å². The average Bonchev–Trinajstić information content (AvgIpc) is 2.67. The Morgan fingerprint density at radius 2 is 1.11 bits per heavy atom. The summed E-state index contributed by atoms with van der Waals surface area (Å²) in [7, 11) is 0. The molecule has 0 unspecified atom stereocenters. The first kappa shape index (κ1) is 19.9. The Morgan fingerprint density at radius 3 is 1.50 bits per heavy atom. The second-order valence-electron chi connectivity index (χ2n) is 6.30. The first-order valence-electron chi connectivity index (χ1n) is 8.51. The zero-order valence-electron chi connectivity index (χ0n) is 15.3. The van der Waals surface area contributed by atoms with Gasteiger partial charge >= 0.3 is 0 Å². The van der Waals surface area contributed by atoms with Crippen LogP contribution in [0.1, 0.15) is 22.3 Å². The molecule has 0 spiro atoms. The number of nitrogens with zero attached hydrogens (tertiary/aromatic N) is 2. The molecule has 0 bridgehead atoms. The Labute approximate surface area is 173 Å². The van der Waals surface area contributed by atoms with Crippen LogP contribution in [0.2, 0.25) is 10.0 Å². The van der Waals surface area contributed by atoms with Crippen molar-refractivity contribution in [1.29, 1.82) is 0 Å². The Hall–Kier alpha value is -2.82. The third kappa shape index (κ3) is 4.35. The van der Waals surface area contributed by atoms with Gasteiger partial charge in [-0.25, -0.2) is 0 Å². The van der Waals surface area contributed by atoms with E-state index in [-0.39, 0.29) is 11.5 Å². The van der Waals surface area contributed by atoms with Gasteiger partial charge in [-0.3, -0.25) is 9.98 Å². The van der Waals surface area contributed by atoms with Gasteiger partial charge in [0.1, 0.15) is 11.5 Å². The summed E-state index contributed by atoms with van der Waals surface area (Å²) in [6.45, 7) is 3.63. The lowest BCUT2D eigenvalue weighted by Crippen LogP contribution is -1.86. The van der Waals surface area contributed by atoms with Gasteiger partial charge < -0.3 is 10.2 Å². The lowest BCUT2D eigenvalue weighted by Gasteiger charge is -2.06. The summed E-state index contributed by atoms with van der Waals surface area (Å²) in [4.78, 5) is 8.86. The van der Waals surface area contributed by atoms with E-state index in [0.29, 0.717) is 32.5 Å². The molecule has 0 aliphatic rings. The highest BCUT2D eigenvalue weighted by molar-refractivity contribution is 6.42. The summed E-state index contributed by atoms with van der Waals surface area (Å²) < 4.78 is 0. The Kier molecular flexibility index (Phi) is 6.02. The molecular formula is C22H18Cl2N2O2. The Morgan fingerprint density at radius 1 is 0.714 bits per heavy atom. The first-order chi connectivity index (χ1) is 13.4. The molecule has 0 saturated heterocycles. The van der Waals surface area contributed by atoms with Crippen molar-refractivity contribution < 1.29 is 10.2 Å². The number of para-hydroxylation sites is 2. The number of hydrogen-bond acceptors (Lipinski definition) is 4. The van der Waals surface area contributed by atoms with E-state index < -0.39 is 0 Å². The molecule has 0 saturated carbocycles. The van der Waals surface area contributed by atoms with Crippen molar-refractivity contribution in [3.63, 3.8) is 0 Å². The van der Waals surface area contributed by atoms with E-state index in [9.17, 15) is 10.2 Å². The molecule has 0 amide bonds. The number of phenolic OH excluding ortho intramolecular Hbond substituents is 2. The van der Waals surface area contributed by atoms with Crippen LogP contribution in [0.4, 0.5) is 11.4 Å². The van der Waals surface area contributed by atoms with Gasteiger partial charge in [-0.15, -0.1) is 0 Å². The number of phenols is 2. The number of aromatic hydroxyl groups is 2. The van der Waals surface area contributed by atoms with Crippen LogP contribution in [0.5, 0.6) is 11.5 Å². The predicted octanol–water partition coefficient (Wildman–Crippen LogP) is 6.52. The summed E-state index contributed by atoms with van der Waals surface area (Å²) in [6, 6.07) is 14.0. The minimum Gasteiger partial charge on any atom is -0.507 e. The molecule has 4 nitrogen and oxygen atoms in total. The van der Waals surface area contributed by atoms with Crippen LogP contribution in [0.3, 0.4) is 0 Å². The van der Waals surface area contributed by atoms with Crippen LogP contribution >= 0.6 is 23.2 Å². The summed E-state index contributed by atoms with van der Waals surface area (Å²) in [5.74, 6) is 0.335. The molecule has 0 aliphatic carbocycles. The smallest absolute Gasteiger partial charge is 0.127 e. The van der Waals surface area contributed by atoms with E-state index in [1.807, 2.05) is 38.1 Å². The van der Waals surface area contributed by atoms with Gasteiger partial charge in [0.2, 0.25) is 0 Å². The van der Waals surface area contributed by atoms with Crippen LogP contribution < -0.4 is 0 Å². The van der Waals surface area contributed by atoms with E-state index in [4.69, 9.17) is 23.2 Å². The molecule has 28 heavy (non-hydrogen) atoms. The maximum atomic E-state index is 10.2. The van der Waals surface area contributed by atoms with Crippen LogP contribution in [0.25, 0.3) is 0 Å². The molecule has 3 aromatic rings. The molecule has 3 rings (SSSR count). The van der Waals surface area contributed by atoms with Crippen LogP contribution in [0, 0.1) is 13.8 Å². The minimum atomic E-state index is 0.168. The molecule has 0 atom stereocenters. The molecule has 0 radical (unpaired) electrons. The number of rotatable bonds is 4. The lowest BCUT2D eigenvalue weighted by molar-refractivity contribution is 0.470. The Bertz CT molecular complexity index is 1010. The highest BCUT2D eigenvalue weighted by Gasteiger charge is 2.08. The lowest BCUT2D eigenvalue weighted by atomic mass is 10.1. The van der Waals surface area contributed by atoms with Crippen molar-refractivity contribution in [3.8, 4) is 11.5 Å². The van der Waals surface area contributed by atoms with Crippen molar-refractivity contribution in [2.45, 2.75) is 13.8 Å². The topological polar surface area (TPSA) is 65.2 Å². The van der Waals surface area contributed by atoms with Gasteiger partial charge in [-0.05, 0) is 49.2 Å². The highest BCUT2D eigenvalue weighted by Crippen LogP contribution is 2.37. The molecule has 142 valence electrons. The van der Waals surface area contributed by atoms with Gasteiger partial charge in [0.25, 0.3) is 0 Å². The largest absolute Gasteiger partial charge is 0.507 e. The third-order valence-corrected chi connectivity index (χ3v) is 4.96. The number of aliphatic imine (C=N–C) groups is 2. The zero-order valence-corrected chi connectivity index (χ0v) is 16.8. The number of aryl methyl sites for hydroxylation is 2. The number of halogens is 2. The standard InChI is InChI=1S/C22H18Cl2N2O2/c1-13-5-3-7-15(21(13)27)11-25-19-9-17(23)18(24)10-20(19)26-12-16-8-4-6-14(2)22(16)28/h3-12,27-28H,1-2H3. The van der Waals surface area contributed by atoms with E-state index in [1.165, 1.54) is 0 Å². The van der Waals surface area contributed by atoms with E-state index >= 15 is 0 Å². The second kappa shape index (κ2) is 8.46. The molecule has 0 fully saturated rings. The maximum absolute atomic E-state index is 10.2. The Balaban J connectivity index is 2.01. The van der Waals surface area contributed by atoms with Gasteiger partial charge in [0.15, 0.2) is 0 Å². The highest BCUT2D eigenvalue weighted by atomic mass is 35.5. The van der Waals surface area contributed by atoms with Gasteiger partial charge in [0.05, 0.1) is 21.4 Å². The number of hydrogen-bond donors (Lipinski definition) is 2. The van der Waals surface area contributed by atoms with Crippen molar-refractivity contribution in [2.24, 2.45) is 9.98 Å². The zero-order chi connectivity index (χ0) is 20.3. The fourth-order valence-electron chi connectivity index (χ4n) is 2.58. The SMILES string of the molecule is Cc1cccc(C=Nc2cc(Cl)c(Cl)cc2N=Cc2cccc(C)c2O)c1O. The van der Waals surface area contributed by atoms with E-state index in [1.54, 1.807) is 36.7 Å². The van der Waals surface area contributed by atoms with Gasteiger partial charge in [-0.2, -0.15) is 0 Å². The molecule has 0 aromatic heterocycles. The first-order valence-corrected chi connectivity index (χ1v) is 9.26. The molecule has 2 N–H and O–H groups in total. The van der Waals surface area contributed by atoms with Crippen LogP contribution in [0.15, 0.2) is 58.5 Å². The van der Waals surface area contributed by atoms with Crippen molar-refractivity contribution in [2.75, 3.05) is 0 Å². The quantitative estimate of drug-likeness (QED) is 0.478. The molecule has 6 heteroatoms. The van der Waals surface area contributed by atoms with Gasteiger partial charge in [-0.1, -0.05) is 47.5 Å². The van der Waals surface area contributed by atoms with E-state index in [0.717, 1.165) is 11.1 Å². The fraction of sp³-hybridized carbons (Fsp3) is 0.0909. The molecule has 0 aliphatic heterocycles. The fourth-order valence-corrected chi connectivity index (χ4v) is 2.90.